The number of hydrogen-bond donors (Lipinski definition) is 0. The van der Waals surface area contributed by atoms with Crippen LogP contribution in [0.25, 0.3) is 0 Å². The van der Waals surface area contributed by atoms with Gasteiger partial charge in [-0.15, -0.1) is 11.3 Å². The number of hydrogen-bond acceptors (Lipinski definition) is 4. The number of rotatable bonds is 7. The molecule has 2 rings (SSSR count). The fourth-order valence-corrected chi connectivity index (χ4v) is 4.03. The largest absolute Gasteiger partial charge is 0.377 e. The van der Waals surface area contributed by atoms with Crippen LogP contribution in [0.15, 0.2) is 17.5 Å². The number of ketones is 1. The molecule has 0 spiro atoms. The van der Waals surface area contributed by atoms with E-state index in [-0.39, 0.29) is 11.9 Å². The van der Waals surface area contributed by atoms with Crippen molar-refractivity contribution in [3.05, 3.63) is 22.4 Å². The zero-order valence-electron chi connectivity index (χ0n) is 10.3. The molecule has 1 fully saturated rings. The highest BCUT2D eigenvalue weighted by Crippen LogP contribution is 2.15. The molecule has 3 nitrogen and oxygen atoms in total. The number of carbonyl (C=O) groups excluding carboxylic acids is 1. The van der Waals surface area contributed by atoms with Crippen LogP contribution in [-0.4, -0.2) is 34.2 Å². The fourth-order valence-electron chi connectivity index (χ4n) is 2.02. The summed E-state index contributed by atoms with van der Waals surface area (Å²) in [6, 6.07) is 3.73. The van der Waals surface area contributed by atoms with Gasteiger partial charge in [-0.05, 0) is 30.7 Å². The molecule has 1 saturated heterocycles. The van der Waals surface area contributed by atoms with Crippen molar-refractivity contribution in [2.45, 2.75) is 31.8 Å². The monoisotopic (exact) mass is 286 g/mol. The van der Waals surface area contributed by atoms with Gasteiger partial charge in [0, 0.05) is 35.3 Å². The molecule has 1 aliphatic heterocycles. The molecule has 1 aromatic rings. The van der Waals surface area contributed by atoms with E-state index in [1.807, 2.05) is 17.5 Å². The molecule has 0 radical (unpaired) electrons. The van der Waals surface area contributed by atoms with Gasteiger partial charge < -0.3 is 4.74 Å². The lowest BCUT2D eigenvalue weighted by molar-refractivity contribution is 0.0986. The Labute approximate surface area is 114 Å². The molecule has 5 heteroatoms. The molecule has 0 saturated carbocycles. The second-order valence-corrected chi connectivity index (χ2v) is 7.02. The van der Waals surface area contributed by atoms with Gasteiger partial charge in [0.25, 0.3) is 0 Å². The van der Waals surface area contributed by atoms with Gasteiger partial charge in [0.2, 0.25) is 0 Å². The molecule has 1 aromatic heterocycles. The molecule has 0 aliphatic carbocycles. The standard InChI is InChI=1S/C13H18O3S2/c14-12(13-6-2-8-17-13)5-3-9-18(15)10-11-4-1-7-16-11/h2,6,8,11H,1,3-5,7,9-10H2. The van der Waals surface area contributed by atoms with Crippen LogP contribution in [0.4, 0.5) is 0 Å². The van der Waals surface area contributed by atoms with Crippen molar-refractivity contribution in [2.24, 2.45) is 0 Å². The van der Waals surface area contributed by atoms with Crippen molar-refractivity contribution in [3.8, 4) is 0 Å². The Balaban J connectivity index is 1.62. The van der Waals surface area contributed by atoms with E-state index in [4.69, 9.17) is 4.74 Å². The Morgan fingerprint density at radius 2 is 2.44 bits per heavy atom. The molecule has 100 valence electrons. The molecule has 0 aromatic carbocycles. The van der Waals surface area contributed by atoms with Crippen LogP contribution < -0.4 is 0 Å². The maximum Gasteiger partial charge on any atom is 0.172 e. The Morgan fingerprint density at radius 1 is 1.56 bits per heavy atom. The third kappa shape index (κ3) is 4.30. The lowest BCUT2D eigenvalue weighted by Gasteiger charge is -2.08. The first-order valence-corrected chi connectivity index (χ1v) is 8.66. The van der Waals surface area contributed by atoms with Crippen molar-refractivity contribution >= 4 is 27.9 Å². The molecule has 2 heterocycles. The van der Waals surface area contributed by atoms with Gasteiger partial charge in [-0.25, -0.2) is 0 Å². The van der Waals surface area contributed by atoms with E-state index in [0.717, 1.165) is 24.3 Å². The lowest BCUT2D eigenvalue weighted by Crippen LogP contribution is -2.17. The molecule has 1 aliphatic rings. The predicted molar refractivity (Wildman–Crippen MR) is 74.7 cm³/mol. The minimum absolute atomic E-state index is 0.166. The predicted octanol–water partition coefficient (Wildman–Crippen LogP) is 2.64. The third-order valence-electron chi connectivity index (χ3n) is 2.97. The first kappa shape index (κ1) is 13.9. The van der Waals surface area contributed by atoms with Crippen molar-refractivity contribution < 1.29 is 13.7 Å². The number of carbonyl (C=O) groups is 1. The SMILES string of the molecule is O=C(CCCS(=O)CC1CCCO1)c1cccs1. The van der Waals surface area contributed by atoms with Crippen molar-refractivity contribution in [2.75, 3.05) is 18.1 Å². The summed E-state index contributed by atoms with van der Waals surface area (Å²) in [4.78, 5) is 12.5. The lowest BCUT2D eigenvalue weighted by atomic mass is 10.2. The zero-order chi connectivity index (χ0) is 12.8. The fraction of sp³-hybridized carbons (Fsp3) is 0.615. The molecule has 0 bridgehead atoms. The summed E-state index contributed by atoms with van der Waals surface area (Å²) in [5.41, 5.74) is 0. The first-order chi connectivity index (χ1) is 8.75. The third-order valence-corrected chi connectivity index (χ3v) is 5.37. The van der Waals surface area contributed by atoms with Crippen LogP contribution in [0.5, 0.6) is 0 Å². The Kier molecular flexibility index (Phi) is 5.53. The average molecular weight is 286 g/mol. The van der Waals surface area contributed by atoms with Crippen LogP contribution in [-0.2, 0) is 15.5 Å². The second kappa shape index (κ2) is 7.16. The minimum Gasteiger partial charge on any atom is -0.377 e. The van der Waals surface area contributed by atoms with Crippen LogP contribution in [0, 0.1) is 0 Å². The molecule has 0 amide bonds. The highest BCUT2D eigenvalue weighted by molar-refractivity contribution is 7.85. The number of Topliss-reactive ketones (excluding diaryl/α,β-unsaturated/α-hetero) is 1. The van der Waals surface area contributed by atoms with Gasteiger partial charge in [-0.3, -0.25) is 9.00 Å². The summed E-state index contributed by atoms with van der Waals surface area (Å²) in [5.74, 6) is 1.41. The van der Waals surface area contributed by atoms with E-state index in [1.165, 1.54) is 11.3 Å². The highest BCUT2D eigenvalue weighted by atomic mass is 32.2. The van der Waals surface area contributed by atoms with Crippen LogP contribution in [0.1, 0.15) is 35.4 Å². The molecule has 2 atom stereocenters. The van der Waals surface area contributed by atoms with Gasteiger partial charge in [0.05, 0.1) is 11.0 Å². The zero-order valence-corrected chi connectivity index (χ0v) is 11.9. The normalized spacial score (nSPS) is 21.0. The summed E-state index contributed by atoms with van der Waals surface area (Å²) < 4.78 is 17.2. The van der Waals surface area contributed by atoms with Crippen molar-refractivity contribution in [3.63, 3.8) is 0 Å². The molecular weight excluding hydrogens is 268 g/mol. The quantitative estimate of drug-likeness (QED) is 0.724. The maximum atomic E-state index is 11.8. The topological polar surface area (TPSA) is 43.4 Å². The highest BCUT2D eigenvalue weighted by Gasteiger charge is 2.18. The minimum atomic E-state index is -0.847. The first-order valence-electron chi connectivity index (χ1n) is 6.29. The Bertz CT molecular complexity index is 394. The maximum absolute atomic E-state index is 11.8. The average Bonchev–Trinajstić information content (AvgIpc) is 3.00. The summed E-state index contributed by atoms with van der Waals surface area (Å²) in [7, 11) is -0.847. The van der Waals surface area contributed by atoms with Gasteiger partial charge in [0.15, 0.2) is 5.78 Å². The summed E-state index contributed by atoms with van der Waals surface area (Å²) in [6.07, 6.45) is 3.49. The van der Waals surface area contributed by atoms with E-state index < -0.39 is 10.8 Å². The van der Waals surface area contributed by atoms with Crippen LogP contribution >= 0.6 is 11.3 Å². The summed E-state index contributed by atoms with van der Waals surface area (Å²) >= 11 is 1.47. The summed E-state index contributed by atoms with van der Waals surface area (Å²) in [6.45, 7) is 0.804. The van der Waals surface area contributed by atoms with Gasteiger partial charge in [-0.2, -0.15) is 0 Å². The molecule has 0 N–H and O–H groups in total. The van der Waals surface area contributed by atoms with Gasteiger partial charge in [-0.1, -0.05) is 6.07 Å². The van der Waals surface area contributed by atoms with E-state index in [2.05, 4.69) is 0 Å². The Morgan fingerprint density at radius 3 is 3.11 bits per heavy atom. The molecule has 18 heavy (non-hydrogen) atoms. The summed E-state index contributed by atoms with van der Waals surface area (Å²) in [5, 5.41) is 1.91. The van der Waals surface area contributed by atoms with Gasteiger partial charge in [0.1, 0.15) is 0 Å². The van der Waals surface area contributed by atoms with Crippen molar-refractivity contribution in [1.29, 1.82) is 0 Å². The van der Waals surface area contributed by atoms with E-state index in [1.54, 1.807) is 0 Å². The smallest absolute Gasteiger partial charge is 0.172 e. The Hall–Kier alpha value is -0.520. The molecular formula is C13H18O3S2. The van der Waals surface area contributed by atoms with Crippen LogP contribution in [0.3, 0.4) is 0 Å². The number of thiophene rings is 1. The molecule has 2 unspecified atom stereocenters. The van der Waals surface area contributed by atoms with E-state index >= 15 is 0 Å². The van der Waals surface area contributed by atoms with Gasteiger partial charge >= 0.3 is 0 Å². The van der Waals surface area contributed by atoms with Crippen LogP contribution in [0.2, 0.25) is 0 Å². The van der Waals surface area contributed by atoms with E-state index in [9.17, 15) is 9.00 Å². The second-order valence-electron chi connectivity index (χ2n) is 4.45. The van der Waals surface area contributed by atoms with Crippen molar-refractivity contribution in [1.82, 2.24) is 0 Å². The number of ether oxygens (including phenoxy) is 1. The van der Waals surface area contributed by atoms with E-state index in [0.29, 0.717) is 24.3 Å².